The Bertz CT molecular complexity index is 1280. The molecule has 0 radical (unpaired) electrons. The number of hydrogen-bond acceptors (Lipinski definition) is 6. The number of para-hydroxylation sites is 1. The first-order chi connectivity index (χ1) is 16.5. The summed E-state index contributed by atoms with van der Waals surface area (Å²) in [5, 5.41) is 25.1. The Kier molecular flexibility index (Phi) is 5.76. The van der Waals surface area contributed by atoms with Crippen LogP contribution < -0.4 is 10.1 Å². The first-order valence-electron chi connectivity index (χ1n) is 11.4. The van der Waals surface area contributed by atoms with Crippen LogP contribution in [0.5, 0.6) is 11.5 Å². The average Bonchev–Trinajstić information content (AvgIpc) is 3.34. The summed E-state index contributed by atoms with van der Waals surface area (Å²) in [7, 11) is 0. The maximum atomic E-state index is 11.3. The van der Waals surface area contributed by atoms with Crippen molar-refractivity contribution in [2.75, 3.05) is 11.9 Å². The van der Waals surface area contributed by atoms with Gasteiger partial charge in [-0.15, -0.1) is 0 Å². The van der Waals surface area contributed by atoms with Crippen LogP contribution in [-0.2, 0) is 0 Å². The van der Waals surface area contributed by atoms with Gasteiger partial charge in [0.15, 0.2) is 5.75 Å². The van der Waals surface area contributed by atoms with E-state index in [2.05, 4.69) is 58.9 Å². The summed E-state index contributed by atoms with van der Waals surface area (Å²) in [4.78, 5) is 15.1. The first kappa shape index (κ1) is 21.7. The second kappa shape index (κ2) is 9.02. The molecule has 2 aliphatic rings. The fourth-order valence-electron chi connectivity index (χ4n) is 4.88. The molecule has 1 aliphatic carbocycles. The first-order valence-corrected chi connectivity index (χ1v) is 11.4. The number of hydrogen-bond donors (Lipinski definition) is 2. The van der Waals surface area contributed by atoms with Crippen molar-refractivity contribution in [1.29, 1.82) is 0 Å². The Morgan fingerprint density at radius 1 is 1.21 bits per heavy atom. The lowest BCUT2D eigenvalue weighted by molar-refractivity contribution is -0.386. The SMILES string of the molecule is CCOc1cc(C=Nc2ccc([C@@H]3Nc4ccccc4[C@H]4C=CC[C@@H]43)cc2)cc([N+](=O)[O-])c1O. The van der Waals surface area contributed by atoms with Gasteiger partial charge >= 0.3 is 5.69 Å². The van der Waals surface area contributed by atoms with E-state index >= 15 is 0 Å². The fourth-order valence-corrected chi connectivity index (χ4v) is 4.88. The molecule has 7 heteroatoms. The predicted octanol–water partition coefficient (Wildman–Crippen LogP) is 6.28. The van der Waals surface area contributed by atoms with E-state index < -0.39 is 16.4 Å². The van der Waals surface area contributed by atoms with E-state index in [0.29, 0.717) is 17.4 Å². The third kappa shape index (κ3) is 4.01. The number of nitrogens with zero attached hydrogens (tertiary/aromatic N) is 2. The molecule has 0 saturated carbocycles. The Balaban J connectivity index is 1.38. The molecule has 3 atom stereocenters. The largest absolute Gasteiger partial charge is 0.500 e. The van der Waals surface area contributed by atoms with Gasteiger partial charge in [0.25, 0.3) is 0 Å². The molecule has 0 bridgehead atoms. The second-order valence-electron chi connectivity index (χ2n) is 8.49. The average molecular weight is 456 g/mol. The number of nitro benzene ring substituents is 1. The molecule has 5 rings (SSSR count). The zero-order chi connectivity index (χ0) is 23.7. The third-order valence-corrected chi connectivity index (χ3v) is 6.46. The number of rotatable bonds is 6. The van der Waals surface area contributed by atoms with Gasteiger partial charge in [0.1, 0.15) is 0 Å². The van der Waals surface area contributed by atoms with Gasteiger partial charge in [-0.25, -0.2) is 0 Å². The van der Waals surface area contributed by atoms with E-state index in [1.807, 2.05) is 12.1 Å². The fraction of sp³-hybridized carbons (Fsp3) is 0.222. The number of nitrogens with one attached hydrogen (secondary N) is 1. The van der Waals surface area contributed by atoms with E-state index in [9.17, 15) is 15.2 Å². The standard InChI is InChI=1S/C27H25N3O4/c1-2-34-25-15-17(14-24(27(25)31)30(32)33)16-28-19-12-10-18(11-13-19)26-22-8-5-7-20(22)21-6-3-4-9-23(21)29-26/h3-7,9-16,20,22,26,29,31H,2,8H2,1H3/t20-,22+,26+/m1/s1. The highest BCUT2D eigenvalue weighted by Gasteiger charge is 2.37. The molecule has 172 valence electrons. The molecular formula is C27H25N3O4. The van der Waals surface area contributed by atoms with Crippen LogP contribution in [-0.4, -0.2) is 22.9 Å². The Morgan fingerprint density at radius 3 is 2.76 bits per heavy atom. The van der Waals surface area contributed by atoms with Crippen molar-refractivity contribution in [3.8, 4) is 11.5 Å². The molecule has 0 unspecified atom stereocenters. The van der Waals surface area contributed by atoms with Gasteiger partial charge in [-0.05, 0) is 54.7 Å². The second-order valence-corrected chi connectivity index (χ2v) is 8.49. The monoisotopic (exact) mass is 455 g/mol. The lowest BCUT2D eigenvalue weighted by Gasteiger charge is -2.37. The highest BCUT2D eigenvalue weighted by Crippen LogP contribution is 2.49. The van der Waals surface area contributed by atoms with Crippen LogP contribution in [0.3, 0.4) is 0 Å². The molecule has 0 amide bonds. The molecule has 0 spiro atoms. The number of aliphatic imine (C=N–C) groups is 1. The van der Waals surface area contributed by atoms with Crippen molar-refractivity contribution in [1.82, 2.24) is 0 Å². The summed E-state index contributed by atoms with van der Waals surface area (Å²) in [6.07, 6.45) is 7.18. The number of benzene rings is 3. The van der Waals surface area contributed by atoms with E-state index in [4.69, 9.17) is 4.74 Å². The van der Waals surface area contributed by atoms with Crippen LogP contribution in [0.1, 0.15) is 42.0 Å². The number of ether oxygens (including phenoxy) is 1. The van der Waals surface area contributed by atoms with Crippen LogP contribution >= 0.6 is 0 Å². The van der Waals surface area contributed by atoms with Gasteiger partial charge in [-0.2, -0.15) is 0 Å². The van der Waals surface area contributed by atoms with Gasteiger partial charge in [0, 0.05) is 29.4 Å². The molecule has 7 nitrogen and oxygen atoms in total. The number of fused-ring (bicyclic) bond motifs is 3. The van der Waals surface area contributed by atoms with E-state index in [1.54, 1.807) is 13.0 Å². The van der Waals surface area contributed by atoms with Gasteiger partial charge < -0.3 is 15.2 Å². The van der Waals surface area contributed by atoms with Crippen molar-refractivity contribution in [2.45, 2.75) is 25.3 Å². The zero-order valence-electron chi connectivity index (χ0n) is 18.7. The quantitative estimate of drug-likeness (QED) is 0.197. The topological polar surface area (TPSA) is 97.0 Å². The minimum atomic E-state index is -0.634. The van der Waals surface area contributed by atoms with Gasteiger partial charge in [0.2, 0.25) is 5.75 Å². The lowest BCUT2D eigenvalue weighted by atomic mass is 9.77. The van der Waals surface area contributed by atoms with Crippen LogP contribution in [0.25, 0.3) is 0 Å². The predicted molar refractivity (Wildman–Crippen MR) is 132 cm³/mol. The number of phenols is 1. The van der Waals surface area contributed by atoms with Gasteiger partial charge in [-0.3, -0.25) is 15.1 Å². The summed E-state index contributed by atoms with van der Waals surface area (Å²) in [5.74, 6) is 0.482. The lowest BCUT2D eigenvalue weighted by Crippen LogP contribution is -2.28. The molecule has 0 saturated heterocycles. The summed E-state index contributed by atoms with van der Waals surface area (Å²) < 4.78 is 5.33. The van der Waals surface area contributed by atoms with Gasteiger partial charge in [-0.1, -0.05) is 42.5 Å². The smallest absolute Gasteiger partial charge is 0.315 e. The van der Waals surface area contributed by atoms with E-state index in [1.165, 1.54) is 29.1 Å². The maximum absolute atomic E-state index is 11.3. The van der Waals surface area contributed by atoms with Crippen molar-refractivity contribution >= 4 is 23.3 Å². The molecule has 3 aromatic carbocycles. The molecule has 0 aromatic heterocycles. The Labute approximate surface area is 197 Å². The normalized spacial score (nSPS) is 20.6. The number of anilines is 1. The van der Waals surface area contributed by atoms with E-state index in [-0.39, 0.29) is 18.4 Å². The minimum Gasteiger partial charge on any atom is -0.500 e. The van der Waals surface area contributed by atoms with Crippen LogP contribution in [0.2, 0.25) is 0 Å². The molecule has 1 aliphatic heterocycles. The number of allylic oxidation sites excluding steroid dienone is 2. The summed E-state index contributed by atoms with van der Waals surface area (Å²) in [6.45, 7) is 2.03. The third-order valence-electron chi connectivity index (χ3n) is 6.46. The minimum absolute atomic E-state index is 0.0666. The van der Waals surface area contributed by atoms with Gasteiger partial charge in [0.05, 0.1) is 23.3 Å². The molecular weight excluding hydrogens is 430 g/mol. The van der Waals surface area contributed by atoms with Crippen molar-refractivity contribution in [3.05, 3.63) is 99.6 Å². The Morgan fingerprint density at radius 2 is 2.00 bits per heavy atom. The molecule has 0 fully saturated rings. The van der Waals surface area contributed by atoms with Crippen LogP contribution in [0.15, 0.2) is 77.8 Å². The number of phenolic OH excluding ortho intramolecular Hbond substituents is 1. The zero-order valence-corrected chi connectivity index (χ0v) is 18.7. The van der Waals surface area contributed by atoms with Crippen molar-refractivity contribution < 1.29 is 14.8 Å². The van der Waals surface area contributed by atoms with Crippen molar-refractivity contribution in [3.63, 3.8) is 0 Å². The summed E-state index contributed by atoms with van der Waals surface area (Å²) in [6, 6.07) is 19.6. The van der Waals surface area contributed by atoms with E-state index in [0.717, 1.165) is 12.1 Å². The highest BCUT2D eigenvalue weighted by molar-refractivity contribution is 5.85. The number of aromatic hydroxyl groups is 1. The number of nitro groups is 1. The summed E-state index contributed by atoms with van der Waals surface area (Å²) >= 11 is 0. The maximum Gasteiger partial charge on any atom is 0.315 e. The summed E-state index contributed by atoms with van der Waals surface area (Å²) in [5.41, 5.74) is 4.53. The van der Waals surface area contributed by atoms with Crippen LogP contribution in [0.4, 0.5) is 17.1 Å². The van der Waals surface area contributed by atoms with Crippen molar-refractivity contribution in [2.24, 2.45) is 10.9 Å². The molecule has 2 N–H and O–H groups in total. The molecule has 34 heavy (non-hydrogen) atoms. The van der Waals surface area contributed by atoms with Crippen LogP contribution in [0, 0.1) is 16.0 Å². The molecule has 3 aromatic rings. The Hall–Kier alpha value is -4.13. The molecule has 1 heterocycles. The highest BCUT2D eigenvalue weighted by atomic mass is 16.6.